The molecule has 0 unspecified atom stereocenters. The number of nitrogens with zero attached hydrogens (tertiary/aromatic N) is 1. The maximum absolute atomic E-state index is 12.3. The molecule has 0 aliphatic carbocycles. The summed E-state index contributed by atoms with van der Waals surface area (Å²) in [6.45, 7) is 3.05. The predicted molar refractivity (Wildman–Crippen MR) is 87.7 cm³/mol. The van der Waals surface area contributed by atoms with Crippen molar-refractivity contribution in [2.24, 2.45) is 5.84 Å². The highest BCUT2D eigenvalue weighted by atomic mass is 35.5. The molecule has 0 saturated carbocycles. The fourth-order valence-electron chi connectivity index (χ4n) is 1.97. The minimum absolute atomic E-state index is 0.304. The van der Waals surface area contributed by atoms with E-state index in [0.29, 0.717) is 23.7 Å². The number of nitrogens with two attached hydrogens (primary N) is 1. The zero-order chi connectivity index (χ0) is 15.9. The van der Waals surface area contributed by atoms with Crippen molar-refractivity contribution in [3.63, 3.8) is 0 Å². The molecule has 2 rings (SSSR count). The molecular formula is C17H19ClN2O2. The van der Waals surface area contributed by atoms with Gasteiger partial charge >= 0.3 is 0 Å². The van der Waals surface area contributed by atoms with Crippen molar-refractivity contribution in [1.29, 1.82) is 0 Å². The molecule has 0 atom stereocenters. The third kappa shape index (κ3) is 4.23. The van der Waals surface area contributed by atoms with Crippen LogP contribution in [0, 0.1) is 0 Å². The molecule has 0 fully saturated rings. The number of hydrogen-bond donors (Lipinski definition) is 1. The van der Waals surface area contributed by atoms with Crippen LogP contribution in [0.5, 0.6) is 5.75 Å². The topological polar surface area (TPSA) is 55.6 Å². The molecule has 2 aromatic rings. The summed E-state index contributed by atoms with van der Waals surface area (Å²) in [5, 5.41) is 1.55. The number of hydrazine groups is 1. The number of amides is 1. The van der Waals surface area contributed by atoms with E-state index >= 15 is 0 Å². The first kappa shape index (κ1) is 16.3. The van der Waals surface area contributed by atoms with Crippen molar-refractivity contribution in [1.82, 2.24) is 5.01 Å². The third-order valence-electron chi connectivity index (χ3n) is 3.11. The summed E-state index contributed by atoms with van der Waals surface area (Å²) < 4.78 is 5.52. The zero-order valence-electron chi connectivity index (χ0n) is 12.5. The molecule has 1 amide bonds. The average Bonchev–Trinajstić information content (AvgIpc) is 2.54. The van der Waals surface area contributed by atoms with E-state index < -0.39 is 0 Å². The van der Waals surface area contributed by atoms with E-state index in [1.54, 1.807) is 24.3 Å². The van der Waals surface area contributed by atoms with E-state index in [4.69, 9.17) is 22.2 Å². The molecule has 2 aromatic carbocycles. The summed E-state index contributed by atoms with van der Waals surface area (Å²) >= 11 is 6.02. The van der Waals surface area contributed by atoms with Gasteiger partial charge in [-0.15, -0.1) is 0 Å². The van der Waals surface area contributed by atoms with Gasteiger partial charge in [0.2, 0.25) is 0 Å². The van der Waals surface area contributed by atoms with Crippen LogP contribution in [-0.2, 0) is 6.54 Å². The van der Waals surface area contributed by atoms with Crippen LogP contribution in [-0.4, -0.2) is 17.5 Å². The predicted octanol–water partition coefficient (Wildman–Crippen LogP) is 3.64. The first-order valence-corrected chi connectivity index (χ1v) is 7.52. The molecule has 0 aromatic heterocycles. The fourth-order valence-corrected chi connectivity index (χ4v) is 2.19. The molecule has 0 spiro atoms. The Labute approximate surface area is 135 Å². The van der Waals surface area contributed by atoms with Gasteiger partial charge in [-0.05, 0) is 36.2 Å². The van der Waals surface area contributed by atoms with Gasteiger partial charge in [0.25, 0.3) is 5.91 Å². The number of ether oxygens (including phenoxy) is 1. The molecule has 5 heteroatoms. The maximum Gasteiger partial charge on any atom is 0.269 e. The Hall–Kier alpha value is -2.04. The molecule has 0 aliphatic heterocycles. The Morgan fingerprint density at radius 1 is 1.18 bits per heavy atom. The van der Waals surface area contributed by atoms with E-state index in [1.807, 2.05) is 24.3 Å². The number of rotatable bonds is 6. The van der Waals surface area contributed by atoms with Crippen LogP contribution in [0.4, 0.5) is 0 Å². The molecule has 0 heterocycles. The lowest BCUT2D eigenvalue weighted by atomic mass is 10.2. The Morgan fingerprint density at radius 3 is 2.50 bits per heavy atom. The maximum atomic E-state index is 12.3. The van der Waals surface area contributed by atoms with Crippen LogP contribution in [0.25, 0.3) is 0 Å². The van der Waals surface area contributed by atoms with Gasteiger partial charge in [0.15, 0.2) is 0 Å². The van der Waals surface area contributed by atoms with Crippen molar-refractivity contribution >= 4 is 17.5 Å². The number of hydrogen-bond acceptors (Lipinski definition) is 3. The number of benzene rings is 2. The smallest absolute Gasteiger partial charge is 0.269 e. The Bertz CT molecular complexity index is 629. The molecule has 4 nitrogen and oxygen atoms in total. The second kappa shape index (κ2) is 7.82. The highest BCUT2D eigenvalue weighted by Gasteiger charge is 2.15. The zero-order valence-corrected chi connectivity index (χ0v) is 13.2. The summed E-state index contributed by atoms with van der Waals surface area (Å²) in [6.07, 6.45) is 0.963. The van der Waals surface area contributed by atoms with Gasteiger partial charge in [0, 0.05) is 0 Å². The third-order valence-corrected chi connectivity index (χ3v) is 3.44. The molecule has 116 valence electrons. The molecule has 0 aliphatic rings. The lowest BCUT2D eigenvalue weighted by molar-refractivity contribution is 0.0743. The van der Waals surface area contributed by atoms with Crippen LogP contribution in [0.15, 0.2) is 48.5 Å². The van der Waals surface area contributed by atoms with Gasteiger partial charge in [0.1, 0.15) is 5.75 Å². The normalized spacial score (nSPS) is 10.3. The highest BCUT2D eigenvalue weighted by Crippen LogP contribution is 2.18. The number of carbonyl (C=O) groups excluding carboxylic acids is 1. The molecular weight excluding hydrogens is 300 g/mol. The molecule has 22 heavy (non-hydrogen) atoms. The Morgan fingerprint density at radius 2 is 1.86 bits per heavy atom. The van der Waals surface area contributed by atoms with Gasteiger partial charge in [-0.1, -0.05) is 42.8 Å². The highest BCUT2D eigenvalue weighted by molar-refractivity contribution is 6.33. The van der Waals surface area contributed by atoms with E-state index in [-0.39, 0.29) is 5.91 Å². The van der Waals surface area contributed by atoms with E-state index in [1.165, 1.54) is 0 Å². The average molecular weight is 319 g/mol. The van der Waals surface area contributed by atoms with Gasteiger partial charge in [-0.3, -0.25) is 9.80 Å². The second-order valence-electron chi connectivity index (χ2n) is 4.91. The quantitative estimate of drug-likeness (QED) is 0.502. The van der Waals surface area contributed by atoms with Gasteiger partial charge < -0.3 is 4.74 Å². The lowest BCUT2D eigenvalue weighted by Crippen LogP contribution is -2.36. The number of halogens is 1. The first-order chi connectivity index (χ1) is 10.6. The van der Waals surface area contributed by atoms with Gasteiger partial charge in [-0.25, -0.2) is 5.84 Å². The number of carbonyl (C=O) groups is 1. The summed E-state index contributed by atoms with van der Waals surface area (Å²) in [5.41, 5.74) is 1.32. The van der Waals surface area contributed by atoms with E-state index in [0.717, 1.165) is 22.7 Å². The van der Waals surface area contributed by atoms with Crippen LogP contribution < -0.4 is 10.6 Å². The molecule has 2 N–H and O–H groups in total. The van der Waals surface area contributed by atoms with Crippen molar-refractivity contribution in [2.75, 3.05) is 6.61 Å². The summed E-state index contributed by atoms with van der Waals surface area (Å²) in [7, 11) is 0. The summed E-state index contributed by atoms with van der Waals surface area (Å²) in [4.78, 5) is 12.3. The van der Waals surface area contributed by atoms with Crippen molar-refractivity contribution < 1.29 is 9.53 Å². The van der Waals surface area contributed by atoms with Crippen molar-refractivity contribution in [3.05, 3.63) is 64.7 Å². The van der Waals surface area contributed by atoms with Gasteiger partial charge in [0.05, 0.1) is 23.7 Å². The standard InChI is InChI=1S/C17H19ClN2O2/c1-2-11-22-14-9-7-13(8-10-14)12-20(19)17(21)15-5-3-4-6-16(15)18/h3-10H,2,11-12,19H2,1H3. The van der Waals surface area contributed by atoms with Crippen LogP contribution in [0.3, 0.4) is 0 Å². The second-order valence-corrected chi connectivity index (χ2v) is 5.31. The lowest BCUT2D eigenvalue weighted by Gasteiger charge is -2.17. The summed E-state index contributed by atoms with van der Waals surface area (Å²) in [6, 6.07) is 14.4. The van der Waals surface area contributed by atoms with Gasteiger partial charge in [-0.2, -0.15) is 0 Å². The molecule has 0 bridgehead atoms. The largest absolute Gasteiger partial charge is 0.494 e. The SMILES string of the molecule is CCCOc1ccc(CN(N)C(=O)c2ccccc2Cl)cc1. The minimum Gasteiger partial charge on any atom is -0.494 e. The minimum atomic E-state index is -0.308. The Kier molecular flexibility index (Phi) is 5.81. The van der Waals surface area contributed by atoms with Crippen LogP contribution in [0.1, 0.15) is 29.3 Å². The van der Waals surface area contributed by atoms with E-state index in [2.05, 4.69) is 6.92 Å². The Balaban J connectivity index is 2.01. The van der Waals surface area contributed by atoms with Crippen LogP contribution >= 0.6 is 11.6 Å². The fraction of sp³-hybridized carbons (Fsp3) is 0.235. The monoisotopic (exact) mass is 318 g/mol. The summed E-state index contributed by atoms with van der Waals surface area (Å²) in [5.74, 6) is 6.37. The molecule has 0 saturated heterocycles. The molecule has 0 radical (unpaired) electrons. The van der Waals surface area contributed by atoms with E-state index in [9.17, 15) is 4.79 Å². The first-order valence-electron chi connectivity index (χ1n) is 7.14. The van der Waals surface area contributed by atoms with Crippen LogP contribution in [0.2, 0.25) is 5.02 Å². The van der Waals surface area contributed by atoms with Crippen molar-refractivity contribution in [2.45, 2.75) is 19.9 Å². The van der Waals surface area contributed by atoms with Crippen molar-refractivity contribution in [3.8, 4) is 5.75 Å².